The van der Waals surface area contributed by atoms with Gasteiger partial charge in [0.15, 0.2) is 0 Å². The van der Waals surface area contributed by atoms with Gasteiger partial charge in [-0.2, -0.15) is 0 Å². The number of allylic oxidation sites excluding steroid dienone is 1. The highest BCUT2D eigenvalue weighted by Crippen LogP contribution is 2.11. The topological polar surface area (TPSA) is 69.6 Å². The van der Waals surface area contributed by atoms with Crippen molar-refractivity contribution in [2.75, 3.05) is 19.6 Å². The van der Waals surface area contributed by atoms with Crippen LogP contribution in [-0.4, -0.2) is 47.6 Å². The van der Waals surface area contributed by atoms with Gasteiger partial charge in [-0.1, -0.05) is 6.08 Å². The molecule has 0 aromatic rings. The molecule has 0 saturated carbocycles. The van der Waals surface area contributed by atoms with Crippen molar-refractivity contribution in [1.29, 1.82) is 0 Å². The molecule has 1 heterocycles. The van der Waals surface area contributed by atoms with Crippen molar-refractivity contribution in [3.05, 3.63) is 12.7 Å². The Hall–Kier alpha value is -1.36. The van der Waals surface area contributed by atoms with Gasteiger partial charge in [-0.25, -0.2) is 0 Å². The molecule has 0 bridgehead atoms. The van der Waals surface area contributed by atoms with E-state index < -0.39 is 5.97 Å². The summed E-state index contributed by atoms with van der Waals surface area (Å²) >= 11 is 0. The number of aliphatic carboxylic acids is 1. The van der Waals surface area contributed by atoms with Crippen LogP contribution in [0.1, 0.15) is 25.7 Å². The van der Waals surface area contributed by atoms with E-state index in [9.17, 15) is 9.59 Å². The van der Waals surface area contributed by atoms with Gasteiger partial charge in [0, 0.05) is 6.54 Å². The van der Waals surface area contributed by atoms with E-state index in [2.05, 4.69) is 11.9 Å². The van der Waals surface area contributed by atoms with Crippen LogP contribution in [0.4, 0.5) is 0 Å². The number of likely N-dealkylation sites (tertiary alicyclic amines) is 1. The summed E-state index contributed by atoms with van der Waals surface area (Å²) in [6.45, 7) is 4.76. The van der Waals surface area contributed by atoms with E-state index in [0.29, 0.717) is 6.54 Å². The zero-order valence-electron chi connectivity index (χ0n) is 10.0. The summed E-state index contributed by atoms with van der Waals surface area (Å²) in [4.78, 5) is 23.9. The Balaban J connectivity index is 2.36. The maximum atomic E-state index is 11.9. The summed E-state index contributed by atoms with van der Waals surface area (Å²) in [7, 11) is 0. The van der Waals surface area contributed by atoms with E-state index in [1.807, 2.05) is 6.08 Å². The van der Waals surface area contributed by atoms with E-state index >= 15 is 0 Å². The Bertz CT molecular complexity index is 291. The average Bonchev–Trinajstić information content (AvgIpc) is 2.28. The summed E-state index contributed by atoms with van der Waals surface area (Å²) in [6.07, 6.45) is 5.38. The molecule has 0 aromatic carbocycles. The second-order valence-electron chi connectivity index (χ2n) is 4.23. The zero-order chi connectivity index (χ0) is 12.7. The van der Waals surface area contributed by atoms with Crippen LogP contribution in [0.2, 0.25) is 0 Å². The van der Waals surface area contributed by atoms with Crippen LogP contribution in [0.25, 0.3) is 0 Å². The number of carboxylic acids is 1. The van der Waals surface area contributed by atoms with Crippen LogP contribution in [-0.2, 0) is 9.59 Å². The van der Waals surface area contributed by atoms with Crippen molar-refractivity contribution < 1.29 is 14.7 Å². The Morgan fingerprint density at radius 2 is 2.41 bits per heavy atom. The summed E-state index contributed by atoms with van der Waals surface area (Å²) in [6, 6.07) is -0.215. The lowest BCUT2D eigenvalue weighted by Gasteiger charge is -2.31. The predicted molar refractivity (Wildman–Crippen MR) is 64.7 cm³/mol. The standard InChI is InChI=1S/C12H20N2O3/c1-2-3-4-7-13-10-6-5-8-14(12(10)17)9-11(15)16/h2,10,13H,1,3-9H2,(H,15,16). The first-order chi connectivity index (χ1) is 8.15. The minimum atomic E-state index is -0.953. The van der Waals surface area contributed by atoms with Crippen LogP contribution in [0, 0.1) is 0 Å². The highest BCUT2D eigenvalue weighted by atomic mass is 16.4. The van der Waals surface area contributed by atoms with Gasteiger partial charge in [-0.15, -0.1) is 6.58 Å². The third-order valence-corrected chi connectivity index (χ3v) is 2.83. The number of hydrogen-bond donors (Lipinski definition) is 2. The number of rotatable bonds is 7. The number of carbonyl (C=O) groups is 2. The lowest BCUT2D eigenvalue weighted by atomic mass is 10.0. The predicted octanol–water partition coefficient (Wildman–Crippen LogP) is 0.618. The molecular formula is C12H20N2O3. The molecule has 0 spiro atoms. The van der Waals surface area contributed by atoms with Crippen molar-refractivity contribution in [2.45, 2.75) is 31.7 Å². The maximum Gasteiger partial charge on any atom is 0.323 e. The van der Waals surface area contributed by atoms with E-state index in [1.54, 1.807) is 0 Å². The number of piperidine rings is 1. The van der Waals surface area contributed by atoms with Gasteiger partial charge in [0.2, 0.25) is 5.91 Å². The fraction of sp³-hybridized carbons (Fsp3) is 0.667. The molecule has 1 atom stereocenters. The van der Waals surface area contributed by atoms with Gasteiger partial charge >= 0.3 is 5.97 Å². The normalized spacial score (nSPS) is 20.4. The summed E-state index contributed by atoms with van der Waals surface area (Å²) in [5.41, 5.74) is 0. The van der Waals surface area contributed by atoms with E-state index in [1.165, 1.54) is 4.90 Å². The smallest absolute Gasteiger partial charge is 0.323 e. The maximum absolute atomic E-state index is 11.9. The van der Waals surface area contributed by atoms with Gasteiger partial charge in [0.1, 0.15) is 6.54 Å². The van der Waals surface area contributed by atoms with Gasteiger partial charge in [-0.3, -0.25) is 9.59 Å². The fourth-order valence-corrected chi connectivity index (χ4v) is 1.97. The third kappa shape index (κ3) is 4.56. The Kier molecular flexibility index (Phi) is 5.69. The lowest BCUT2D eigenvalue weighted by Crippen LogP contribution is -2.52. The quantitative estimate of drug-likeness (QED) is 0.505. The Labute approximate surface area is 101 Å². The fourth-order valence-electron chi connectivity index (χ4n) is 1.97. The molecule has 5 nitrogen and oxygen atoms in total. The number of nitrogens with one attached hydrogen (secondary N) is 1. The molecule has 0 aliphatic carbocycles. The molecule has 1 saturated heterocycles. The average molecular weight is 240 g/mol. The number of nitrogens with zero attached hydrogens (tertiary/aromatic N) is 1. The second-order valence-corrected chi connectivity index (χ2v) is 4.23. The molecule has 1 aliphatic heterocycles. The van der Waals surface area contributed by atoms with Gasteiger partial charge in [0.05, 0.1) is 6.04 Å². The highest BCUT2D eigenvalue weighted by Gasteiger charge is 2.28. The first kappa shape index (κ1) is 13.7. The number of amides is 1. The SMILES string of the molecule is C=CCCCNC1CCCN(CC(=O)O)C1=O. The van der Waals surface area contributed by atoms with Crippen LogP contribution < -0.4 is 5.32 Å². The molecule has 2 N–H and O–H groups in total. The number of unbranched alkanes of at least 4 members (excludes halogenated alkanes) is 1. The highest BCUT2D eigenvalue weighted by molar-refractivity contribution is 5.85. The second kappa shape index (κ2) is 7.06. The van der Waals surface area contributed by atoms with Crippen molar-refractivity contribution in [1.82, 2.24) is 10.2 Å². The molecule has 5 heteroatoms. The van der Waals surface area contributed by atoms with Crippen LogP contribution in [0.15, 0.2) is 12.7 Å². The van der Waals surface area contributed by atoms with E-state index in [0.717, 1.165) is 32.2 Å². The lowest BCUT2D eigenvalue weighted by molar-refractivity contribution is -0.146. The van der Waals surface area contributed by atoms with Gasteiger partial charge in [-0.05, 0) is 32.2 Å². The largest absolute Gasteiger partial charge is 0.480 e. The van der Waals surface area contributed by atoms with Crippen LogP contribution in [0.5, 0.6) is 0 Å². The third-order valence-electron chi connectivity index (χ3n) is 2.83. The van der Waals surface area contributed by atoms with Crippen LogP contribution in [0.3, 0.4) is 0 Å². The summed E-state index contributed by atoms with van der Waals surface area (Å²) in [5.74, 6) is -1.04. The van der Waals surface area contributed by atoms with E-state index in [-0.39, 0.29) is 18.5 Å². The molecule has 0 aromatic heterocycles. The molecule has 17 heavy (non-hydrogen) atoms. The monoisotopic (exact) mass is 240 g/mol. The van der Waals surface area contributed by atoms with Crippen molar-refractivity contribution in [3.63, 3.8) is 0 Å². The van der Waals surface area contributed by atoms with Crippen molar-refractivity contribution >= 4 is 11.9 Å². The molecular weight excluding hydrogens is 220 g/mol. The van der Waals surface area contributed by atoms with Crippen molar-refractivity contribution in [3.8, 4) is 0 Å². The van der Waals surface area contributed by atoms with Gasteiger partial charge < -0.3 is 15.3 Å². The number of hydrogen-bond acceptors (Lipinski definition) is 3. The molecule has 0 radical (unpaired) electrons. The van der Waals surface area contributed by atoms with E-state index in [4.69, 9.17) is 5.11 Å². The Morgan fingerprint density at radius 1 is 1.65 bits per heavy atom. The number of carbonyl (C=O) groups excluding carboxylic acids is 1. The molecule has 1 fully saturated rings. The zero-order valence-corrected chi connectivity index (χ0v) is 10.0. The first-order valence-corrected chi connectivity index (χ1v) is 6.00. The summed E-state index contributed by atoms with van der Waals surface area (Å²) < 4.78 is 0. The van der Waals surface area contributed by atoms with Crippen molar-refractivity contribution in [2.24, 2.45) is 0 Å². The Morgan fingerprint density at radius 3 is 3.06 bits per heavy atom. The number of carboxylic acid groups (broad SMARTS) is 1. The minimum Gasteiger partial charge on any atom is -0.480 e. The molecule has 1 unspecified atom stereocenters. The minimum absolute atomic E-state index is 0.0859. The molecule has 1 amide bonds. The first-order valence-electron chi connectivity index (χ1n) is 6.00. The van der Waals surface area contributed by atoms with Gasteiger partial charge in [0.25, 0.3) is 0 Å². The molecule has 1 aliphatic rings. The molecule has 96 valence electrons. The molecule has 1 rings (SSSR count). The van der Waals surface area contributed by atoms with Crippen LogP contribution >= 0.6 is 0 Å². The summed E-state index contributed by atoms with van der Waals surface area (Å²) in [5, 5.41) is 11.9.